The Hall–Kier alpha value is -0.610. The van der Waals surface area contributed by atoms with Crippen molar-refractivity contribution in [3.63, 3.8) is 0 Å². The molecule has 1 saturated heterocycles. The fraction of sp³-hybridized carbons (Fsp3) is 0.917. The molecule has 94 valence electrons. The second-order valence-corrected chi connectivity index (χ2v) is 5.33. The molecule has 1 heterocycles. The summed E-state index contributed by atoms with van der Waals surface area (Å²) in [5.74, 6) is 0.595. The zero-order valence-corrected chi connectivity index (χ0v) is 10.7. The predicted molar refractivity (Wildman–Crippen MR) is 64.1 cm³/mol. The van der Waals surface area contributed by atoms with Crippen LogP contribution in [0.2, 0.25) is 0 Å². The standard InChI is InChI=1S/C12H24N2O2/c1-8(2)7-14(9(3)4)12(16)11-5-10(15)6-13-11/h8-11,13,15H,5-7H2,1-4H3. The monoisotopic (exact) mass is 228 g/mol. The molecule has 2 N–H and O–H groups in total. The van der Waals surface area contributed by atoms with Crippen molar-refractivity contribution in [3.8, 4) is 0 Å². The Kier molecular flexibility index (Phi) is 4.74. The molecule has 4 heteroatoms. The van der Waals surface area contributed by atoms with Crippen LogP contribution in [0.3, 0.4) is 0 Å². The van der Waals surface area contributed by atoms with Crippen molar-refractivity contribution in [3.05, 3.63) is 0 Å². The Morgan fingerprint density at radius 1 is 1.44 bits per heavy atom. The van der Waals surface area contributed by atoms with Gasteiger partial charge in [-0.1, -0.05) is 13.8 Å². The average Bonchev–Trinajstić information content (AvgIpc) is 2.59. The Morgan fingerprint density at radius 2 is 2.06 bits per heavy atom. The van der Waals surface area contributed by atoms with E-state index in [0.29, 0.717) is 18.9 Å². The summed E-state index contributed by atoms with van der Waals surface area (Å²) in [7, 11) is 0. The molecule has 4 nitrogen and oxygen atoms in total. The zero-order chi connectivity index (χ0) is 12.3. The maximum Gasteiger partial charge on any atom is 0.240 e. The molecule has 1 aliphatic rings. The number of nitrogens with zero attached hydrogens (tertiary/aromatic N) is 1. The van der Waals surface area contributed by atoms with Crippen LogP contribution in [0.1, 0.15) is 34.1 Å². The predicted octanol–water partition coefficient (Wildman–Crippen LogP) is 0.602. The maximum absolute atomic E-state index is 12.2. The highest BCUT2D eigenvalue weighted by Crippen LogP contribution is 2.13. The molecule has 0 bridgehead atoms. The SMILES string of the molecule is CC(C)CN(C(=O)C1CC(O)CN1)C(C)C. The highest BCUT2D eigenvalue weighted by atomic mass is 16.3. The number of β-amino-alcohol motifs (C(OH)–C–C–N with tert-alkyl or cyclic N) is 1. The van der Waals surface area contributed by atoms with Gasteiger partial charge < -0.3 is 15.3 Å². The topological polar surface area (TPSA) is 52.6 Å². The van der Waals surface area contributed by atoms with Crippen molar-refractivity contribution in [1.82, 2.24) is 10.2 Å². The van der Waals surface area contributed by atoms with Crippen LogP contribution in [0.25, 0.3) is 0 Å². The minimum atomic E-state index is -0.373. The van der Waals surface area contributed by atoms with Crippen LogP contribution in [0.4, 0.5) is 0 Å². The highest BCUT2D eigenvalue weighted by Gasteiger charge is 2.32. The molecule has 0 aliphatic carbocycles. The van der Waals surface area contributed by atoms with Crippen LogP contribution in [-0.4, -0.2) is 47.2 Å². The van der Waals surface area contributed by atoms with Gasteiger partial charge in [0.1, 0.15) is 0 Å². The molecule has 1 fully saturated rings. The summed E-state index contributed by atoms with van der Waals surface area (Å²) in [5, 5.41) is 12.5. The zero-order valence-electron chi connectivity index (χ0n) is 10.7. The number of carbonyl (C=O) groups excluding carboxylic acids is 1. The minimum Gasteiger partial charge on any atom is -0.392 e. The first kappa shape index (κ1) is 13.5. The largest absolute Gasteiger partial charge is 0.392 e. The van der Waals surface area contributed by atoms with Gasteiger partial charge in [0.05, 0.1) is 12.1 Å². The van der Waals surface area contributed by atoms with Crippen molar-refractivity contribution >= 4 is 5.91 Å². The van der Waals surface area contributed by atoms with Crippen LogP contribution in [0, 0.1) is 5.92 Å². The van der Waals surface area contributed by atoms with Gasteiger partial charge >= 0.3 is 0 Å². The van der Waals surface area contributed by atoms with E-state index in [9.17, 15) is 9.90 Å². The van der Waals surface area contributed by atoms with Crippen LogP contribution < -0.4 is 5.32 Å². The number of rotatable bonds is 4. The lowest BCUT2D eigenvalue weighted by Crippen LogP contribution is -2.48. The number of aliphatic hydroxyl groups excluding tert-OH is 1. The maximum atomic E-state index is 12.2. The number of carbonyl (C=O) groups is 1. The van der Waals surface area contributed by atoms with E-state index < -0.39 is 0 Å². The molecule has 2 atom stereocenters. The molecule has 1 aliphatic heterocycles. The summed E-state index contributed by atoms with van der Waals surface area (Å²) in [5.41, 5.74) is 0. The Balaban J connectivity index is 2.60. The summed E-state index contributed by atoms with van der Waals surface area (Å²) >= 11 is 0. The van der Waals surface area contributed by atoms with Crippen molar-refractivity contribution in [2.75, 3.05) is 13.1 Å². The second-order valence-electron chi connectivity index (χ2n) is 5.33. The molecule has 1 amide bonds. The lowest BCUT2D eigenvalue weighted by Gasteiger charge is -2.30. The van der Waals surface area contributed by atoms with Crippen molar-refractivity contribution < 1.29 is 9.90 Å². The van der Waals surface area contributed by atoms with E-state index in [4.69, 9.17) is 0 Å². The molecule has 2 unspecified atom stereocenters. The fourth-order valence-electron chi connectivity index (χ4n) is 2.05. The van der Waals surface area contributed by atoms with Gasteiger partial charge in [-0.05, 0) is 26.2 Å². The van der Waals surface area contributed by atoms with Crippen molar-refractivity contribution in [1.29, 1.82) is 0 Å². The highest BCUT2D eigenvalue weighted by molar-refractivity contribution is 5.82. The number of amides is 1. The van der Waals surface area contributed by atoms with E-state index >= 15 is 0 Å². The minimum absolute atomic E-state index is 0.125. The molecule has 0 aromatic rings. The Bertz CT molecular complexity index is 241. The van der Waals surface area contributed by atoms with E-state index in [1.807, 2.05) is 18.7 Å². The Morgan fingerprint density at radius 3 is 2.44 bits per heavy atom. The van der Waals surface area contributed by atoms with Gasteiger partial charge in [-0.15, -0.1) is 0 Å². The summed E-state index contributed by atoms with van der Waals surface area (Å²) in [6.07, 6.45) is 0.169. The fourth-order valence-corrected chi connectivity index (χ4v) is 2.05. The quantitative estimate of drug-likeness (QED) is 0.741. The molecule has 0 saturated carbocycles. The van der Waals surface area contributed by atoms with E-state index in [-0.39, 0.29) is 24.1 Å². The van der Waals surface area contributed by atoms with Gasteiger partial charge in [-0.2, -0.15) is 0 Å². The second kappa shape index (κ2) is 5.64. The summed E-state index contributed by atoms with van der Waals surface area (Å²) in [4.78, 5) is 14.1. The van der Waals surface area contributed by atoms with E-state index in [1.54, 1.807) is 0 Å². The molecule has 0 aromatic carbocycles. The van der Waals surface area contributed by atoms with Gasteiger partial charge in [0.25, 0.3) is 0 Å². The third kappa shape index (κ3) is 3.46. The molecule has 0 radical (unpaired) electrons. The molecule has 1 rings (SSSR count). The third-order valence-corrected chi connectivity index (χ3v) is 2.87. The molecule has 0 aromatic heterocycles. The van der Waals surface area contributed by atoms with Gasteiger partial charge in [0.2, 0.25) is 5.91 Å². The first-order valence-corrected chi connectivity index (χ1v) is 6.13. The van der Waals surface area contributed by atoms with Crippen LogP contribution in [0.5, 0.6) is 0 Å². The number of hydrogen-bond acceptors (Lipinski definition) is 3. The van der Waals surface area contributed by atoms with Gasteiger partial charge in [0, 0.05) is 19.1 Å². The Labute approximate surface area is 98.0 Å². The lowest BCUT2D eigenvalue weighted by atomic mass is 10.1. The summed E-state index contributed by atoms with van der Waals surface area (Å²) in [6.45, 7) is 9.60. The summed E-state index contributed by atoms with van der Waals surface area (Å²) in [6, 6.07) is 0.0191. The average molecular weight is 228 g/mol. The number of hydrogen-bond donors (Lipinski definition) is 2. The van der Waals surface area contributed by atoms with Crippen LogP contribution in [0.15, 0.2) is 0 Å². The molecule has 0 spiro atoms. The normalized spacial score (nSPS) is 25.4. The molecular weight excluding hydrogens is 204 g/mol. The first-order chi connectivity index (χ1) is 7.41. The first-order valence-electron chi connectivity index (χ1n) is 6.13. The van der Waals surface area contributed by atoms with Crippen molar-refractivity contribution in [2.24, 2.45) is 5.92 Å². The van der Waals surface area contributed by atoms with Crippen molar-refractivity contribution in [2.45, 2.75) is 52.3 Å². The van der Waals surface area contributed by atoms with Gasteiger partial charge in [-0.25, -0.2) is 0 Å². The van der Waals surface area contributed by atoms with E-state index in [1.165, 1.54) is 0 Å². The summed E-state index contributed by atoms with van der Waals surface area (Å²) < 4.78 is 0. The van der Waals surface area contributed by atoms with E-state index in [2.05, 4.69) is 19.2 Å². The van der Waals surface area contributed by atoms with Crippen LogP contribution >= 0.6 is 0 Å². The van der Waals surface area contributed by atoms with E-state index in [0.717, 1.165) is 6.54 Å². The van der Waals surface area contributed by atoms with Crippen LogP contribution in [-0.2, 0) is 4.79 Å². The molecular formula is C12H24N2O2. The molecule has 16 heavy (non-hydrogen) atoms. The number of aliphatic hydroxyl groups is 1. The smallest absolute Gasteiger partial charge is 0.240 e. The van der Waals surface area contributed by atoms with Gasteiger partial charge in [-0.3, -0.25) is 4.79 Å². The number of nitrogens with one attached hydrogen (secondary N) is 1. The van der Waals surface area contributed by atoms with Gasteiger partial charge in [0.15, 0.2) is 0 Å². The third-order valence-electron chi connectivity index (χ3n) is 2.87. The lowest BCUT2D eigenvalue weighted by molar-refractivity contribution is -0.135.